The van der Waals surface area contributed by atoms with Gasteiger partial charge in [0.05, 0.1) is 16.0 Å². The molecular formula is C17H27NOS. The molecule has 0 heterocycles. The third kappa shape index (κ3) is 3.70. The van der Waals surface area contributed by atoms with Gasteiger partial charge in [-0.2, -0.15) is 0 Å². The van der Waals surface area contributed by atoms with Crippen LogP contribution in [0.25, 0.3) is 0 Å². The minimum atomic E-state index is -0.896. The Morgan fingerprint density at radius 1 is 1.30 bits per heavy atom. The molecular weight excluding hydrogens is 266 g/mol. The van der Waals surface area contributed by atoms with Gasteiger partial charge in [0.15, 0.2) is 0 Å². The van der Waals surface area contributed by atoms with Gasteiger partial charge in [0.1, 0.15) is 0 Å². The summed E-state index contributed by atoms with van der Waals surface area (Å²) in [5, 5.41) is 3.81. The lowest BCUT2D eigenvalue weighted by atomic mass is 9.84. The van der Waals surface area contributed by atoms with Crippen LogP contribution >= 0.6 is 0 Å². The van der Waals surface area contributed by atoms with Gasteiger partial charge in [0.25, 0.3) is 0 Å². The van der Waals surface area contributed by atoms with Crippen molar-refractivity contribution in [2.45, 2.75) is 62.6 Å². The van der Waals surface area contributed by atoms with Crippen LogP contribution in [0.2, 0.25) is 0 Å². The van der Waals surface area contributed by atoms with Crippen molar-refractivity contribution in [2.75, 3.05) is 6.54 Å². The Kier molecular flexibility index (Phi) is 5.79. The van der Waals surface area contributed by atoms with E-state index in [0.29, 0.717) is 6.04 Å². The van der Waals surface area contributed by atoms with Crippen LogP contribution in [0.4, 0.5) is 0 Å². The van der Waals surface area contributed by atoms with Gasteiger partial charge >= 0.3 is 0 Å². The first-order chi connectivity index (χ1) is 9.65. The van der Waals surface area contributed by atoms with Crippen molar-refractivity contribution in [1.82, 2.24) is 5.32 Å². The highest BCUT2D eigenvalue weighted by Gasteiger charge is 2.33. The Morgan fingerprint density at radius 2 is 2.10 bits per heavy atom. The van der Waals surface area contributed by atoms with Gasteiger partial charge in [-0.3, -0.25) is 4.21 Å². The highest BCUT2D eigenvalue weighted by Crippen LogP contribution is 2.32. The molecule has 1 aliphatic carbocycles. The topological polar surface area (TPSA) is 29.1 Å². The standard InChI is InChI=1S/C17H27NOS/c1-4-14-9-10-16(18-5-2)17(12-14)20(19)15-8-6-7-13(3)11-15/h6-8,11,14,16-18H,4-5,9-10,12H2,1-3H3. The van der Waals surface area contributed by atoms with Crippen LogP contribution in [-0.2, 0) is 10.8 Å². The Hall–Kier alpha value is -0.670. The van der Waals surface area contributed by atoms with E-state index in [1.54, 1.807) is 0 Å². The molecule has 2 rings (SSSR count). The van der Waals surface area contributed by atoms with Crippen molar-refractivity contribution < 1.29 is 4.21 Å². The zero-order chi connectivity index (χ0) is 14.5. The van der Waals surface area contributed by atoms with Gasteiger partial charge in [-0.15, -0.1) is 0 Å². The first kappa shape index (κ1) is 15.7. The second-order valence-corrected chi connectivity index (χ2v) is 7.58. The lowest BCUT2D eigenvalue weighted by Crippen LogP contribution is -2.46. The van der Waals surface area contributed by atoms with Crippen LogP contribution in [0.1, 0.15) is 45.1 Å². The fourth-order valence-corrected chi connectivity index (χ4v) is 5.07. The third-order valence-electron chi connectivity index (χ3n) is 4.44. The smallest absolute Gasteiger partial charge is 0.0576 e. The third-order valence-corrected chi connectivity index (χ3v) is 6.23. The number of rotatable bonds is 5. The minimum absolute atomic E-state index is 0.260. The molecule has 4 unspecified atom stereocenters. The van der Waals surface area contributed by atoms with Crippen molar-refractivity contribution in [3.8, 4) is 0 Å². The van der Waals surface area contributed by atoms with E-state index in [4.69, 9.17) is 0 Å². The fourth-order valence-electron chi connectivity index (χ4n) is 3.23. The normalized spacial score (nSPS) is 28.2. The second-order valence-electron chi connectivity index (χ2n) is 5.90. The van der Waals surface area contributed by atoms with Crippen molar-refractivity contribution in [1.29, 1.82) is 0 Å². The van der Waals surface area contributed by atoms with Crippen LogP contribution in [-0.4, -0.2) is 22.0 Å². The summed E-state index contributed by atoms with van der Waals surface area (Å²) < 4.78 is 13.0. The van der Waals surface area contributed by atoms with Crippen LogP contribution in [0, 0.1) is 12.8 Å². The molecule has 1 aromatic carbocycles. The average molecular weight is 293 g/mol. The van der Waals surface area contributed by atoms with E-state index in [0.717, 1.165) is 30.2 Å². The largest absolute Gasteiger partial charge is 0.313 e. The van der Waals surface area contributed by atoms with Gasteiger partial charge in [-0.1, -0.05) is 32.4 Å². The number of aryl methyl sites for hydroxylation is 1. The SMILES string of the molecule is CCNC1CCC(CC)CC1S(=O)c1cccc(C)c1. The predicted molar refractivity (Wildman–Crippen MR) is 86.5 cm³/mol. The first-order valence-electron chi connectivity index (χ1n) is 7.86. The highest BCUT2D eigenvalue weighted by molar-refractivity contribution is 7.85. The summed E-state index contributed by atoms with van der Waals surface area (Å²) >= 11 is 0. The van der Waals surface area contributed by atoms with Crippen molar-refractivity contribution in [2.24, 2.45) is 5.92 Å². The lowest BCUT2D eigenvalue weighted by Gasteiger charge is -2.35. The van der Waals surface area contributed by atoms with E-state index in [9.17, 15) is 4.21 Å². The van der Waals surface area contributed by atoms with Crippen molar-refractivity contribution >= 4 is 10.8 Å². The zero-order valence-electron chi connectivity index (χ0n) is 12.9. The molecule has 0 aromatic heterocycles. The summed E-state index contributed by atoms with van der Waals surface area (Å²) in [5.41, 5.74) is 1.19. The van der Waals surface area contributed by atoms with E-state index in [1.165, 1.54) is 18.4 Å². The van der Waals surface area contributed by atoms with E-state index in [-0.39, 0.29) is 5.25 Å². The molecule has 112 valence electrons. The van der Waals surface area contributed by atoms with Crippen LogP contribution in [0.5, 0.6) is 0 Å². The highest BCUT2D eigenvalue weighted by atomic mass is 32.2. The molecule has 0 bridgehead atoms. The molecule has 20 heavy (non-hydrogen) atoms. The monoisotopic (exact) mass is 293 g/mol. The molecule has 0 saturated heterocycles. The molecule has 1 N–H and O–H groups in total. The second kappa shape index (κ2) is 7.37. The Morgan fingerprint density at radius 3 is 2.75 bits per heavy atom. The summed E-state index contributed by atoms with van der Waals surface area (Å²) in [6, 6.07) is 8.59. The van der Waals surface area contributed by atoms with Gasteiger partial charge in [0, 0.05) is 10.9 Å². The van der Waals surface area contributed by atoms with Gasteiger partial charge in [0.2, 0.25) is 0 Å². The fraction of sp³-hybridized carbons (Fsp3) is 0.647. The Balaban J connectivity index is 2.18. The molecule has 4 atom stereocenters. The molecule has 1 aromatic rings. The van der Waals surface area contributed by atoms with Crippen LogP contribution < -0.4 is 5.32 Å². The van der Waals surface area contributed by atoms with Gasteiger partial charge in [-0.25, -0.2) is 0 Å². The summed E-state index contributed by atoms with van der Waals surface area (Å²) in [5.74, 6) is 0.740. The van der Waals surface area contributed by atoms with E-state index in [2.05, 4.69) is 38.2 Å². The number of hydrogen-bond donors (Lipinski definition) is 1. The first-order valence-corrected chi connectivity index (χ1v) is 9.07. The van der Waals surface area contributed by atoms with Crippen molar-refractivity contribution in [3.05, 3.63) is 29.8 Å². The van der Waals surface area contributed by atoms with E-state index in [1.807, 2.05) is 12.1 Å². The molecule has 0 radical (unpaired) electrons. The lowest BCUT2D eigenvalue weighted by molar-refractivity contribution is 0.294. The molecule has 1 aliphatic rings. The number of benzene rings is 1. The summed E-state index contributed by atoms with van der Waals surface area (Å²) in [6.45, 7) is 7.42. The zero-order valence-corrected chi connectivity index (χ0v) is 13.7. The van der Waals surface area contributed by atoms with Gasteiger partial charge in [-0.05, 0) is 56.3 Å². The summed E-state index contributed by atoms with van der Waals surface area (Å²) in [6.07, 6.45) is 4.74. The minimum Gasteiger partial charge on any atom is -0.313 e. The molecule has 1 saturated carbocycles. The number of nitrogens with one attached hydrogen (secondary N) is 1. The maximum atomic E-state index is 13.0. The maximum Gasteiger partial charge on any atom is 0.0576 e. The predicted octanol–water partition coefficient (Wildman–Crippen LogP) is 3.66. The molecule has 3 heteroatoms. The van der Waals surface area contributed by atoms with Crippen LogP contribution in [0.3, 0.4) is 0 Å². The molecule has 2 nitrogen and oxygen atoms in total. The summed E-state index contributed by atoms with van der Waals surface area (Å²) in [4.78, 5) is 0.995. The maximum absolute atomic E-state index is 13.0. The quantitative estimate of drug-likeness (QED) is 0.897. The number of hydrogen-bond acceptors (Lipinski definition) is 2. The average Bonchev–Trinajstić information content (AvgIpc) is 2.47. The summed E-state index contributed by atoms with van der Waals surface area (Å²) in [7, 11) is -0.896. The molecule has 1 fully saturated rings. The Labute approximate surface area is 125 Å². The van der Waals surface area contributed by atoms with Gasteiger partial charge < -0.3 is 5.32 Å². The molecule has 0 aliphatic heterocycles. The van der Waals surface area contributed by atoms with Crippen molar-refractivity contribution in [3.63, 3.8) is 0 Å². The van der Waals surface area contributed by atoms with E-state index >= 15 is 0 Å². The van der Waals surface area contributed by atoms with E-state index < -0.39 is 10.8 Å². The molecule has 0 spiro atoms. The van der Waals surface area contributed by atoms with Crippen LogP contribution in [0.15, 0.2) is 29.2 Å². The Bertz CT molecular complexity index is 460. The molecule has 0 amide bonds.